The van der Waals surface area contributed by atoms with Crippen molar-refractivity contribution in [3.63, 3.8) is 0 Å². The third-order valence-corrected chi connectivity index (χ3v) is 5.74. The van der Waals surface area contributed by atoms with Crippen molar-refractivity contribution in [1.29, 1.82) is 0 Å². The Balaban J connectivity index is 1.81. The van der Waals surface area contributed by atoms with E-state index in [4.69, 9.17) is 11.6 Å². The van der Waals surface area contributed by atoms with Gasteiger partial charge in [0.05, 0.1) is 16.3 Å². The largest absolute Gasteiger partial charge is 0.276 e. The summed E-state index contributed by atoms with van der Waals surface area (Å²) in [6.07, 6.45) is 0. The van der Waals surface area contributed by atoms with Crippen LogP contribution in [0.15, 0.2) is 95.9 Å². The van der Waals surface area contributed by atoms with Gasteiger partial charge in [0, 0.05) is 16.1 Å². The molecule has 28 heavy (non-hydrogen) atoms. The summed E-state index contributed by atoms with van der Waals surface area (Å²) in [7, 11) is -3.80. The van der Waals surface area contributed by atoms with Crippen LogP contribution in [0.2, 0.25) is 5.02 Å². The van der Waals surface area contributed by atoms with Crippen LogP contribution in [0, 0.1) is 0 Å². The van der Waals surface area contributed by atoms with Crippen LogP contribution in [0.4, 0.5) is 0 Å². The Hall–Kier alpha value is -3.09. The molecule has 0 fully saturated rings. The van der Waals surface area contributed by atoms with Gasteiger partial charge in [0.2, 0.25) is 0 Å². The van der Waals surface area contributed by atoms with Crippen LogP contribution >= 0.6 is 11.6 Å². The highest BCUT2D eigenvalue weighted by Gasteiger charge is 2.18. The summed E-state index contributed by atoms with van der Waals surface area (Å²) in [5.74, 6) is 0. The average Bonchev–Trinajstić information content (AvgIpc) is 3.13. The molecule has 0 saturated heterocycles. The Morgan fingerprint density at radius 2 is 1.39 bits per heavy atom. The first kappa shape index (κ1) is 18.3. The van der Waals surface area contributed by atoms with Gasteiger partial charge in [-0.1, -0.05) is 72.3 Å². The van der Waals surface area contributed by atoms with E-state index in [1.807, 2.05) is 48.5 Å². The number of nitrogens with zero attached hydrogens (tertiary/aromatic N) is 2. The molecule has 3 aromatic carbocycles. The molecular formula is C21H16ClN3O2S. The standard InChI is InChI=1S/C21H16ClN3O2S/c22-18-13-11-17(12-14-18)21-15-20(16-7-3-1-4-8-16)23-25(21)24-28(26,27)19-9-5-2-6-10-19/h1-15,24H. The van der Waals surface area contributed by atoms with Crippen LogP contribution in [0.3, 0.4) is 0 Å². The molecule has 4 rings (SSSR count). The van der Waals surface area contributed by atoms with E-state index >= 15 is 0 Å². The van der Waals surface area contributed by atoms with Crippen LogP contribution in [0.5, 0.6) is 0 Å². The summed E-state index contributed by atoms with van der Waals surface area (Å²) in [4.78, 5) is 4.00. The molecular weight excluding hydrogens is 394 g/mol. The van der Waals surface area contributed by atoms with Gasteiger partial charge in [0.1, 0.15) is 0 Å². The van der Waals surface area contributed by atoms with Crippen LogP contribution in [0.25, 0.3) is 22.5 Å². The fraction of sp³-hybridized carbons (Fsp3) is 0. The number of benzene rings is 3. The normalized spacial score (nSPS) is 11.3. The lowest BCUT2D eigenvalue weighted by Gasteiger charge is -2.11. The van der Waals surface area contributed by atoms with E-state index < -0.39 is 10.0 Å². The lowest BCUT2D eigenvalue weighted by molar-refractivity contribution is 0.592. The number of hydrogen-bond acceptors (Lipinski definition) is 3. The van der Waals surface area contributed by atoms with Gasteiger partial charge in [-0.25, -0.2) is 0 Å². The van der Waals surface area contributed by atoms with Gasteiger partial charge in [-0.3, -0.25) is 0 Å². The van der Waals surface area contributed by atoms with Crippen molar-refractivity contribution in [3.8, 4) is 22.5 Å². The van der Waals surface area contributed by atoms with Crippen molar-refractivity contribution in [2.75, 3.05) is 4.83 Å². The van der Waals surface area contributed by atoms with Crippen LogP contribution in [0.1, 0.15) is 0 Å². The molecule has 0 unspecified atom stereocenters. The minimum absolute atomic E-state index is 0.161. The lowest BCUT2D eigenvalue weighted by atomic mass is 10.1. The number of nitrogens with one attached hydrogen (secondary N) is 1. The molecule has 0 aliphatic carbocycles. The predicted molar refractivity (Wildman–Crippen MR) is 111 cm³/mol. The van der Waals surface area contributed by atoms with E-state index in [1.54, 1.807) is 30.3 Å². The summed E-state index contributed by atoms with van der Waals surface area (Å²) >= 11 is 5.99. The Kier molecular flexibility index (Phi) is 4.90. The van der Waals surface area contributed by atoms with Crippen molar-refractivity contribution in [2.24, 2.45) is 0 Å². The zero-order valence-corrected chi connectivity index (χ0v) is 16.2. The summed E-state index contributed by atoms with van der Waals surface area (Å²) in [6.45, 7) is 0. The molecule has 0 saturated carbocycles. The molecule has 4 aromatic rings. The molecule has 0 aliphatic rings. The second kappa shape index (κ2) is 7.50. The van der Waals surface area contributed by atoms with E-state index in [1.165, 1.54) is 16.9 Å². The molecule has 7 heteroatoms. The molecule has 1 aromatic heterocycles. The molecule has 0 amide bonds. The third-order valence-electron chi connectivity index (χ3n) is 4.18. The second-order valence-electron chi connectivity index (χ2n) is 6.11. The van der Waals surface area contributed by atoms with E-state index in [0.717, 1.165) is 11.1 Å². The summed E-state index contributed by atoms with van der Waals surface area (Å²) in [5.41, 5.74) is 2.93. The Bertz CT molecular complexity index is 1190. The van der Waals surface area contributed by atoms with Gasteiger partial charge in [-0.2, -0.15) is 23.1 Å². The number of hydrogen-bond donors (Lipinski definition) is 1. The van der Waals surface area contributed by atoms with Gasteiger partial charge in [0.25, 0.3) is 10.0 Å². The van der Waals surface area contributed by atoms with Crippen LogP contribution in [-0.2, 0) is 10.0 Å². The van der Waals surface area contributed by atoms with Crippen molar-refractivity contribution < 1.29 is 8.42 Å². The number of rotatable bonds is 5. The molecule has 140 valence electrons. The fourth-order valence-corrected chi connectivity index (χ4v) is 3.91. The van der Waals surface area contributed by atoms with Crippen molar-refractivity contribution in [2.45, 2.75) is 4.90 Å². The SMILES string of the molecule is O=S(=O)(Nn1nc(-c2ccccc2)cc1-c1ccc(Cl)cc1)c1ccccc1. The Morgan fingerprint density at radius 3 is 2.04 bits per heavy atom. The van der Waals surface area contributed by atoms with E-state index in [0.29, 0.717) is 16.4 Å². The van der Waals surface area contributed by atoms with Crippen LogP contribution < -0.4 is 4.83 Å². The van der Waals surface area contributed by atoms with Gasteiger partial charge in [-0.15, -0.1) is 0 Å². The maximum absolute atomic E-state index is 12.8. The van der Waals surface area contributed by atoms with E-state index in [9.17, 15) is 8.42 Å². The average molecular weight is 410 g/mol. The Morgan fingerprint density at radius 1 is 0.786 bits per heavy atom. The van der Waals surface area contributed by atoms with E-state index in [2.05, 4.69) is 9.93 Å². The molecule has 0 spiro atoms. The molecule has 0 atom stereocenters. The summed E-state index contributed by atoms with van der Waals surface area (Å²) in [5, 5.41) is 5.08. The predicted octanol–water partition coefficient (Wildman–Crippen LogP) is 4.80. The molecule has 0 bridgehead atoms. The van der Waals surface area contributed by atoms with Crippen molar-refractivity contribution in [1.82, 2.24) is 9.89 Å². The summed E-state index contributed by atoms with van der Waals surface area (Å²) < 4.78 is 25.6. The first-order valence-electron chi connectivity index (χ1n) is 8.52. The van der Waals surface area contributed by atoms with Gasteiger partial charge < -0.3 is 0 Å². The maximum atomic E-state index is 12.8. The van der Waals surface area contributed by atoms with Crippen molar-refractivity contribution >= 4 is 21.6 Å². The van der Waals surface area contributed by atoms with Gasteiger partial charge in [-0.05, 0) is 30.3 Å². The highest BCUT2D eigenvalue weighted by Crippen LogP contribution is 2.27. The lowest BCUT2D eigenvalue weighted by Crippen LogP contribution is -2.25. The van der Waals surface area contributed by atoms with Gasteiger partial charge in [0.15, 0.2) is 0 Å². The zero-order chi connectivity index (χ0) is 19.6. The summed E-state index contributed by atoms with van der Waals surface area (Å²) in [6, 6.07) is 26.7. The first-order chi connectivity index (χ1) is 13.5. The Labute approximate surface area is 168 Å². The zero-order valence-electron chi connectivity index (χ0n) is 14.7. The molecule has 1 heterocycles. The highest BCUT2D eigenvalue weighted by molar-refractivity contribution is 7.92. The van der Waals surface area contributed by atoms with Crippen LogP contribution in [-0.4, -0.2) is 18.3 Å². The molecule has 0 aliphatic heterocycles. The number of aromatic nitrogens is 2. The maximum Gasteiger partial charge on any atom is 0.276 e. The molecule has 0 radical (unpaired) electrons. The second-order valence-corrected chi connectivity index (χ2v) is 8.20. The monoisotopic (exact) mass is 409 g/mol. The molecule has 5 nitrogen and oxygen atoms in total. The highest BCUT2D eigenvalue weighted by atomic mass is 35.5. The smallest absolute Gasteiger partial charge is 0.200 e. The molecule has 1 N–H and O–H groups in total. The third kappa shape index (κ3) is 3.78. The number of sulfonamides is 1. The van der Waals surface area contributed by atoms with E-state index in [-0.39, 0.29) is 4.90 Å². The fourth-order valence-electron chi connectivity index (χ4n) is 2.79. The van der Waals surface area contributed by atoms with Gasteiger partial charge >= 0.3 is 0 Å². The minimum Gasteiger partial charge on any atom is -0.200 e. The minimum atomic E-state index is -3.80. The quantitative estimate of drug-likeness (QED) is 0.514. The van der Waals surface area contributed by atoms with Crippen molar-refractivity contribution in [3.05, 3.63) is 96.0 Å². The first-order valence-corrected chi connectivity index (χ1v) is 10.4. The topological polar surface area (TPSA) is 64.0 Å². The number of halogens is 1.